The van der Waals surface area contributed by atoms with Crippen molar-refractivity contribution in [3.63, 3.8) is 0 Å². The van der Waals surface area contributed by atoms with Gasteiger partial charge >= 0.3 is 0 Å². The van der Waals surface area contributed by atoms with Crippen LogP contribution in [0.1, 0.15) is 30.4 Å². The van der Waals surface area contributed by atoms with Crippen molar-refractivity contribution < 1.29 is 18.0 Å². The Morgan fingerprint density at radius 2 is 1.77 bits per heavy atom. The number of carbonyl (C=O) groups is 1. The summed E-state index contributed by atoms with van der Waals surface area (Å²) in [6.07, 6.45) is 1.40. The molecule has 30 heavy (non-hydrogen) atoms. The van der Waals surface area contributed by atoms with E-state index in [0.29, 0.717) is 28.5 Å². The zero-order valence-corrected chi connectivity index (χ0v) is 16.4. The number of benzene rings is 2. The van der Waals surface area contributed by atoms with Crippen molar-refractivity contribution >= 4 is 11.7 Å². The molecule has 0 atom stereocenters. The lowest BCUT2D eigenvalue weighted by Crippen LogP contribution is -2.16. The molecule has 4 rings (SSSR count). The second-order valence-electron chi connectivity index (χ2n) is 7.01. The summed E-state index contributed by atoms with van der Waals surface area (Å²) < 4.78 is 35.0. The van der Waals surface area contributed by atoms with Gasteiger partial charge in [0.15, 0.2) is 5.76 Å². The van der Waals surface area contributed by atoms with Gasteiger partial charge in [-0.2, -0.15) is 0 Å². The highest BCUT2D eigenvalue weighted by molar-refractivity contribution is 6.04. The second-order valence-corrected chi connectivity index (χ2v) is 7.01. The Labute approximate surface area is 172 Å². The molecular weight excluding hydrogens is 388 g/mol. The van der Waals surface area contributed by atoms with Crippen LogP contribution in [0.5, 0.6) is 0 Å². The van der Waals surface area contributed by atoms with Crippen LogP contribution >= 0.6 is 0 Å². The van der Waals surface area contributed by atoms with Gasteiger partial charge in [-0.25, -0.2) is 13.8 Å². The molecule has 0 radical (unpaired) electrons. The maximum atomic E-state index is 14.6. The SMILES string of the molecule is CC(C)n1c(-c2ccccc2F)nc(-c2ccc(F)cc2)c1NC(=O)c1ccco1. The standard InChI is InChI=1S/C23H19F2N3O2/c1-14(2)28-21(17-6-3-4-7-18(17)25)26-20(15-9-11-16(24)12-10-15)22(28)27-23(29)19-8-5-13-30-19/h3-14H,1-2H3,(H,27,29). The summed E-state index contributed by atoms with van der Waals surface area (Å²) in [5.74, 6) is -0.431. The van der Waals surface area contributed by atoms with Gasteiger partial charge in [-0.1, -0.05) is 12.1 Å². The van der Waals surface area contributed by atoms with Crippen LogP contribution in [0.15, 0.2) is 71.3 Å². The van der Waals surface area contributed by atoms with E-state index in [2.05, 4.69) is 10.3 Å². The van der Waals surface area contributed by atoms with Crippen molar-refractivity contribution in [3.8, 4) is 22.6 Å². The number of amides is 1. The Morgan fingerprint density at radius 3 is 2.40 bits per heavy atom. The number of rotatable bonds is 5. The van der Waals surface area contributed by atoms with Crippen molar-refractivity contribution in [1.82, 2.24) is 9.55 Å². The first-order valence-electron chi connectivity index (χ1n) is 9.43. The van der Waals surface area contributed by atoms with E-state index in [1.165, 1.54) is 24.5 Å². The molecule has 1 N–H and O–H groups in total. The monoisotopic (exact) mass is 407 g/mol. The van der Waals surface area contributed by atoms with E-state index in [1.54, 1.807) is 47.0 Å². The normalized spacial score (nSPS) is 11.1. The molecule has 5 nitrogen and oxygen atoms in total. The molecule has 2 aromatic carbocycles. The molecule has 0 aliphatic rings. The van der Waals surface area contributed by atoms with E-state index in [1.807, 2.05) is 13.8 Å². The molecule has 0 spiro atoms. The fourth-order valence-electron chi connectivity index (χ4n) is 3.27. The van der Waals surface area contributed by atoms with Gasteiger partial charge in [0.1, 0.15) is 29.0 Å². The molecular formula is C23H19F2N3O2. The van der Waals surface area contributed by atoms with E-state index >= 15 is 0 Å². The maximum absolute atomic E-state index is 14.6. The summed E-state index contributed by atoms with van der Waals surface area (Å²) >= 11 is 0. The first-order valence-corrected chi connectivity index (χ1v) is 9.43. The van der Waals surface area contributed by atoms with Gasteiger partial charge in [0, 0.05) is 11.6 Å². The fourth-order valence-corrected chi connectivity index (χ4v) is 3.27. The van der Waals surface area contributed by atoms with Crippen LogP contribution in [0.2, 0.25) is 0 Å². The predicted molar refractivity (Wildman–Crippen MR) is 110 cm³/mol. The number of imidazole rings is 1. The Bertz CT molecular complexity index is 1180. The highest BCUT2D eigenvalue weighted by Crippen LogP contribution is 2.37. The zero-order chi connectivity index (χ0) is 21.3. The molecule has 0 saturated heterocycles. The van der Waals surface area contributed by atoms with Crippen LogP contribution in [-0.4, -0.2) is 15.5 Å². The third-order valence-electron chi connectivity index (χ3n) is 4.64. The van der Waals surface area contributed by atoms with Crippen molar-refractivity contribution in [2.75, 3.05) is 5.32 Å². The van der Waals surface area contributed by atoms with Crippen LogP contribution in [0.25, 0.3) is 22.6 Å². The number of anilines is 1. The lowest BCUT2D eigenvalue weighted by atomic mass is 10.1. The summed E-state index contributed by atoms with van der Waals surface area (Å²) in [4.78, 5) is 17.4. The number of aromatic nitrogens is 2. The molecule has 0 bridgehead atoms. The minimum Gasteiger partial charge on any atom is -0.459 e. The molecule has 0 saturated carbocycles. The van der Waals surface area contributed by atoms with Gasteiger partial charge in [0.25, 0.3) is 5.91 Å². The summed E-state index contributed by atoms with van der Waals surface area (Å²) in [5.41, 5.74) is 1.29. The van der Waals surface area contributed by atoms with E-state index < -0.39 is 17.5 Å². The van der Waals surface area contributed by atoms with Gasteiger partial charge in [-0.15, -0.1) is 0 Å². The van der Waals surface area contributed by atoms with Crippen molar-refractivity contribution in [2.24, 2.45) is 0 Å². The molecule has 0 fully saturated rings. The third kappa shape index (κ3) is 3.61. The molecule has 2 aromatic heterocycles. The minimum absolute atomic E-state index is 0.129. The zero-order valence-electron chi connectivity index (χ0n) is 16.4. The minimum atomic E-state index is -0.467. The summed E-state index contributed by atoms with van der Waals surface area (Å²) in [6, 6.07) is 15.0. The van der Waals surface area contributed by atoms with Crippen molar-refractivity contribution in [1.29, 1.82) is 0 Å². The predicted octanol–water partition coefficient (Wildman–Crippen LogP) is 5.92. The molecule has 0 aliphatic heterocycles. The third-order valence-corrected chi connectivity index (χ3v) is 4.64. The Morgan fingerprint density at radius 1 is 1.03 bits per heavy atom. The Balaban J connectivity index is 1.93. The molecule has 2 heterocycles. The quantitative estimate of drug-likeness (QED) is 0.447. The molecule has 1 amide bonds. The van der Waals surface area contributed by atoms with Gasteiger partial charge in [0.2, 0.25) is 0 Å². The number of hydrogen-bond acceptors (Lipinski definition) is 3. The number of carbonyl (C=O) groups excluding carboxylic acids is 1. The van der Waals surface area contributed by atoms with E-state index in [0.717, 1.165) is 0 Å². The number of halogens is 2. The maximum Gasteiger partial charge on any atom is 0.292 e. The van der Waals surface area contributed by atoms with Gasteiger partial charge in [0.05, 0.1) is 11.8 Å². The first kappa shape index (κ1) is 19.6. The van der Waals surface area contributed by atoms with Crippen molar-refractivity contribution in [3.05, 3.63) is 84.3 Å². The molecule has 7 heteroatoms. The number of furan rings is 1. The Kier molecular flexibility index (Phi) is 5.18. The summed E-state index contributed by atoms with van der Waals surface area (Å²) in [6.45, 7) is 3.81. The highest BCUT2D eigenvalue weighted by atomic mass is 19.1. The van der Waals surface area contributed by atoms with E-state index in [4.69, 9.17) is 4.42 Å². The number of nitrogens with zero attached hydrogens (tertiary/aromatic N) is 2. The molecule has 152 valence electrons. The molecule has 0 unspecified atom stereocenters. The lowest BCUT2D eigenvalue weighted by molar-refractivity contribution is 0.0996. The molecule has 0 aliphatic carbocycles. The van der Waals surface area contributed by atoms with Crippen molar-refractivity contribution in [2.45, 2.75) is 19.9 Å². The summed E-state index contributed by atoms with van der Waals surface area (Å²) in [5, 5.41) is 2.84. The topological polar surface area (TPSA) is 60.1 Å². The Hall–Kier alpha value is -3.74. The van der Waals surface area contributed by atoms with E-state index in [-0.39, 0.29) is 11.8 Å². The number of nitrogens with one attached hydrogen (secondary N) is 1. The number of hydrogen-bond donors (Lipinski definition) is 1. The van der Waals surface area contributed by atoms with Gasteiger partial charge in [-0.3, -0.25) is 4.79 Å². The van der Waals surface area contributed by atoms with E-state index in [9.17, 15) is 13.6 Å². The fraction of sp³-hybridized carbons (Fsp3) is 0.130. The van der Waals surface area contributed by atoms with Crippen LogP contribution < -0.4 is 5.32 Å². The van der Waals surface area contributed by atoms with Crippen LogP contribution in [0.4, 0.5) is 14.6 Å². The smallest absolute Gasteiger partial charge is 0.292 e. The van der Waals surface area contributed by atoms with Gasteiger partial charge in [-0.05, 0) is 62.4 Å². The average molecular weight is 407 g/mol. The first-order chi connectivity index (χ1) is 14.5. The van der Waals surface area contributed by atoms with Crippen LogP contribution in [0.3, 0.4) is 0 Å². The highest BCUT2D eigenvalue weighted by Gasteiger charge is 2.25. The summed E-state index contributed by atoms with van der Waals surface area (Å²) in [7, 11) is 0. The van der Waals surface area contributed by atoms with Crippen LogP contribution in [0, 0.1) is 11.6 Å². The molecule has 4 aromatic rings. The average Bonchev–Trinajstić information content (AvgIpc) is 3.37. The second kappa shape index (κ2) is 7.94. The largest absolute Gasteiger partial charge is 0.459 e. The van der Waals surface area contributed by atoms with Crippen LogP contribution in [-0.2, 0) is 0 Å². The van der Waals surface area contributed by atoms with Gasteiger partial charge < -0.3 is 14.3 Å². The lowest BCUT2D eigenvalue weighted by Gasteiger charge is -2.17.